The van der Waals surface area contributed by atoms with E-state index in [1.165, 1.54) is 0 Å². The van der Waals surface area contributed by atoms with Crippen LogP contribution in [0.25, 0.3) is 0 Å². The van der Waals surface area contributed by atoms with Gasteiger partial charge in [0.25, 0.3) is 10.0 Å². The third-order valence-corrected chi connectivity index (χ3v) is 6.65. The highest BCUT2D eigenvalue weighted by Crippen LogP contribution is 2.29. The molecule has 1 saturated heterocycles. The maximum Gasteiger partial charge on any atom is 0.284 e. The molecule has 1 fully saturated rings. The van der Waals surface area contributed by atoms with E-state index in [0.717, 1.165) is 30.1 Å². The van der Waals surface area contributed by atoms with Crippen LogP contribution in [0.3, 0.4) is 0 Å². The van der Waals surface area contributed by atoms with Crippen molar-refractivity contribution >= 4 is 21.5 Å². The maximum absolute atomic E-state index is 13.0. The Labute approximate surface area is 189 Å². The number of sulfonamides is 1. The molecule has 1 heterocycles. The highest BCUT2D eigenvalue weighted by molar-refractivity contribution is 7.90. The number of hydrogen-bond donors (Lipinski definition) is 0. The fourth-order valence-electron chi connectivity index (χ4n) is 3.79. The van der Waals surface area contributed by atoms with Crippen LogP contribution in [-0.2, 0) is 10.0 Å². The van der Waals surface area contributed by atoms with Crippen molar-refractivity contribution in [2.75, 3.05) is 37.7 Å². The number of benzene rings is 3. The van der Waals surface area contributed by atoms with Gasteiger partial charge >= 0.3 is 0 Å². The van der Waals surface area contributed by atoms with Gasteiger partial charge in [0.05, 0.1) is 17.2 Å². The van der Waals surface area contributed by atoms with Crippen molar-refractivity contribution in [3.63, 3.8) is 0 Å². The molecule has 1 aliphatic heterocycles. The first kappa shape index (κ1) is 21.9. The molecule has 0 amide bonds. The van der Waals surface area contributed by atoms with Crippen molar-refractivity contribution in [1.29, 1.82) is 0 Å². The van der Waals surface area contributed by atoms with Gasteiger partial charge in [-0.05, 0) is 31.2 Å². The predicted molar refractivity (Wildman–Crippen MR) is 128 cm³/mol. The lowest BCUT2D eigenvalue weighted by atomic mass is 10.1. The Morgan fingerprint density at radius 2 is 1.44 bits per heavy atom. The first-order valence-corrected chi connectivity index (χ1v) is 12.2. The van der Waals surface area contributed by atoms with Crippen LogP contribution in [0, 0.1) is 0 Å². The van der Waals surface area contributed by atoms with Gasteiger partial charge in [0, 0.05) is 31.7 Å². The number of para-hydroxylation sites is 2. The van der Waals surface area contributed by atoms with Crippen LogP contribution < -0.4 is 9.64 Å². The van der Waals surface area contributed by atoms with Gasteiger partial charge in [-0.15, -0.1) is 4.40 Å². The molecule has 0 radical (unpaired) electrons. The van der Waals surface area contributed by atoms with E-state index in [1.54, 1.807) is 30.3 Å². The number of piperazine rings is 1. The van der Waals surface area contributed by atoms with Gasteiger partial charge in [0.2, 0.25) is 0 Å². The van der Waals surface area contributed by atoms with Crippen LogP contribution in [0.2, 0.25) is 0 Å². The normalized spacial score (nSPS) is 15.0. The summed E-state index contributed by atoms with van der Waals surface area (Å²) in [6, 6.07) is 25.9. The van der Waals surface area contributed by atoms with E-state index in [-0.39, 0.29) is 4.90 Å². The minimum Gasteiger partial charge on any atom is -0.492 e. The molecule has 6 nitrogen and oxygen atoms in total. The van der Waals surface area contributed by atoms with Crippen LogP contribution in [0.4, 0.5) is 5.69 Å². The highest BCUT2D eigenvalue weighted by atomic mass is 32.2. The Morgan fingerprint density at radius 3 is 2.09 bits per heavy atom. The monoisotopic (exact) mass is 449 g/mol. The van der Waals surface area contributed by atoms with Gasteiger partial charge < -0.3 is 14.5 Å². The number of nitrogens with zero attached hydrogens (tertiary/aromatic N) is 3. The van der Waals surface area contributed by atoms with Crippen molar-refractivity contribution in [2.24, 2.45) is 4.40 Å². The van der Waals surface area contributed by atoms with E-state index in [4.69, 9.17) is 4.74 Å². The van der Waals surface area contributed by atoms with Gasteiger partial charge in [-0.2, -0.15) is 8.42 Å². The molecule has 0 atom stereocenters. The second kappa shape index (κ2) is 9.87. The lowest BCUT2D eigenvalue weighted by molar-refractivity contribution is 0.336. The molecule has 32 heavy (non-hydrogen) atoms. The zero-order chi connectivity index (χ0) is 22.4. The van der Waals surface area contributed by atoms with Crippen molar-refractivity contribution in [3.05, 3.63) is 90.5 Å². The Kier molecular flexibility index (Phi) is 6.75. The maximum atomic E-state index is 13.0. The fourth-order valence-corrected chi connectivity index (χ4v) is 4.85. The zero-order valence-corrected chi connectivity index (χ0v) is 18.9. The first-order chi connectivity index (χ1) is 15.6. The molecule has 0 unspecified atom stereocenters. The molecule has 7 heteroatoms. The second-order valence-electron chi connectivity index (χ2n) is 7.44. The third kappa shape index (κ3) is 4.94. The molecule has 0 saturated carbocycles. The summed E-state index contributed by atoms with van der Waals surface area (Å²) in [6.07, 6.45) is 0. The Balaban J connectivity index is 1.61. The van der Waals surface area contributed by atoms with E-state index >= 15 is 0 Å². The molecule has 0 aliphatic carbocycles. The van der Waals surface area contributed by atoms with Gasteiger partial charge in [0.15, 0.2) is 0 Å². The summed E-state index contributed by atoms with van der Waals surface area (Å²) in [4.78, 5) is 4.52. The fraction of sp³-hybridized carbons (Fsp3) is 0.240. The third-order valence-electron chi connectivity index (χ3n) is 5.36. The molecule has 3 aromatic carbocycles. The summed E-state index contributed by atoms with van der Waals surface area (Å²) in [6.45, 7) is 5.36. The minimum absolute atomic E-state index is 0.192. The van der Waals surface area contributed by atoms with E-state index < -0.39 is 10.0 Å². The number of hydrogen-bond acceptors (Lipinski definition) is 4. The molecule has 3 aromatic rings. The van der Waals surface area contributed by atoms with Gasteiger partial charge in [-0.25, -0.2) is 0 Å². The molecule has 0 N–H and O–H groups in total. The van der Waals surface area contributed by atoms with Crippen LogP contribution in [0.1, 0.15) is 12.5 Å². The molecular weight excluding hydrogens is 422 g/mol. The van der Waals surface area contributed by atoms with Crippen LogP contribution in [-0.4, -0.2) is 51.9 Å². The first-order valence-electron chi connectivity index (χ1n) is 10.8. The minimum atomic E-state index is -3.82. The summed E-state index contributed by atoms with van der Waals surface area (Å²) >= 11 is 0. The average molecular weight is 450 g/mol. The van der Waals surface area contributed by atoms with Crippen LogP contribution in [0.15, 0.2) is 94.2 Å². The molecule has 1 aliphatic rings. The summed E-state index contributed by atoms with van der Waals surface area (Å²) in [7, 11) is -3.82. The Bertz CT molecular complexity index is 1160. The molecule has 0 bridgehead atoms. The van der Waals surface area contributed by atoms with E-state index in [0.29, 0.717) is 25.5 Å². The SMILES string of the molecule is CCOc1ccccc1N1CCN(/C(=N/S(=O)(=O)c2ccccc2)c2ccccc2)CC1. The highest BCUT2D eigenvalue weighted by Gasteiger charge is 2.25. The van der Waals surface area contributed by atoms with E-state index in [1.807, 2.05) is 55.5 Å². The largest absolute Gasteiger partial charge is 0.492 e. The summed E-state index contributed by atoms with van der Waals surface area (Å²) in [5.41, 5.74) is 1.85. The van der Waals surface area contributed by atoms with Crippen molar-refractivity contribution in [1.82, 2.24) is 4.90 Å². The lowest BCUT2D eigenvalue weighted by Crippen LogP contribution is -2.49. The zero-order valence-electron chi connectivity index (χ0n) is 18.1. The standard InChI is InChI=1S/C25H27N3O3S/c1-2-31-24-16-10-9-15-23(24)27-17-19-28(20-18-27)25(21-11-5-3-6-12-21)26-32(29,30)22-13-7-4-8-14-22/h3-16H,2,17-20H2,1H3/b26-25+. The average Bonchev–Trinajstić information content (AvgIpc) is 2.84. The summed E-state index contributed by atoms with van der Waals surface area (Å²) in [5, 5.41) is 0. The number of ether oxygens (including phenoxy) is 1. The predicted octanol–water partition coefficient (Wildman–Crippen LogP) is 4.04. The Hall–Kier alpha value is -3.32. The van der Waals surface area contributed by atoms with Gasteiger partial charge in [0.1, 0.15) is 11.6 Å². The number of amidine groups is 1. The summed E-state index contributed by atoms with van der Waals surface area (Å²) in [5.74, 6) is 1.35. The van der Waals surface area contributed by atoms with Crippen molar-refractivity contribution in [3.8, 4) is 5.75 Å². The molecule has 0 aromatic heterocycles. The quantitative estimate of drug-likeness (QED) is 0.420. The molecule has 4 rings (SSSR count). The molecule has 0 spiro atoms. The van der Waals surface area contributed by atoms with Crippen LogP contribution in [0.5, 0.6) is 5.75 Å². The Morgan fingerprint density at radius 1 is 0.844 bits per heavy atom. The smallest absolute Gasteiger partial charge is 0.284 e. The number of anilines is 1. The molecular formula is C25H27N3O3S. The van der Waals surface area contributed by atoms with Gasteiger partial charge in [-0.1, -0.05) is 60.7 Å². The van der Waals surface area contributed by atoms with Crippen molar-refractivity contribution < 1.29 is 13.2 Å². The molecule has 166 valence electrons. The van der Waals surface area contributed by atoms with Crippen molar-refractivity contribution in [2.45, 2.75) is 11.8 Å². The van der Waals surface area contributed by atoms with E-state index in [9.17, 15) is 8.42 Å². The van der Waals surface area contributed by atoms with E-state index in [2.05, 4.69) is 20.3 Å². The number of rotatable bonds is 6. The summed E-state index contributed by atoms with van der Waals surface area (Å²) < 4.78 is 36.1. The topological polar surface area (TPSA) is 62.2 Å². The second-order valence-corrected chi connectivity index (χ2v) is 9.05. The lowest BCUT2D eigenvalue weighted by Gasteiger charge is -2.38. The van der Waals surface area contributed by atoms with Crippen LogP contribution >= 0.6 is 0 Å². The van der Waals surface area contributed by atoms with Gasteiger partial charge in [-0.3, -0.25) is 0 Å².